The highest BCUT2D eigenvalue weighted by Crippen LogP contribution is 2.03. The number of para-hydroxylation sites is 2. The molecule has 0 atom stereocenters. The number of hydrogen-bond donors (Lipinski definition) is 1. The highest BCUT2D eigenvalue weighted by Gasteiger charge is 1.90. The van der Waals surface area contributed by atoms with E-state index in [1.165, 1.54) is 0 Å². The first-order valence-corrected chi connectivity index (χ1v) is 2.72. The van der Waals surface area contributed by atoms with Crippen molar-refractivity contribution in [2.75, 3.05) is 0 Å². The average Bonchev–Trinajstić information content (AvgIpc) is 2.33. The first-order chi connectivity index (χ1) is 4.47. The third-order valence-electron chi connectivity index (χ3n) is 1.22. The molecular weight excluding hydrogens is 185 g/mol. The van der Waals surface area contributed by atoms with Crippen LogP contribution in [0.25, 0.3) is 11.0 Å². The molecule has 1 aromatic carbocycles. The van der Waals surface area contributed by atoms with E-state index in [2.05, 4.69) is 15.4 Å². The monoisotopic (exact) mass is 191 g/mol. The van der Waals surface area contributed by atoms with Crippen molar-refractivity contribution in [1.29, 1.82) is 0 Å². The lowest BCUT2D eigenvalue weighted by Crippen LogP contribution is -1.63. The second kappa shape index (κ2) is 4.16. The van der Waals surface area contributed by atoms with Crippen LogP contribution in [0.15, 0.2) is 24.3 Å². The van der Waals surface area contributed by atoms with Gasteiger partial charge in [0.2, 0.25) is 0 Å². The van der Waals surface area contributed by atoms with Gasteiger partial charge in [0.05, 0.1) is 0 Å². The SMILES string of the molecule is Cl.Cl.c1ccc2n[nH]nc2c1. The summed E-state index contributed by atoms with van der Waals surface area (Å²) >= 11 is 0. The smallest absolute Gasteiger partial charge is 0.112 e. The van der Waals surface area contributed by atoms with E-state index in [0.717, 1.165) is 11.0 Å². The summed E-state index contributed by atoms with van der Waals surface area (Å²) in [6.45, 7) is 0. The molecule has 0 fully saturated rings. The predicted molar refractivity (Wildman–Crippen MR) is 48.4 cm³/mol. The maximum absolute atomic E-state index is 3.88. The van der Waals surface area contributed by atoms with Gasteiger partial charge in [-0.1, -0.05) is 12.1 Å². The average molecular weight is 192 g/mol. The number of fused-ring (bicyclic) bond motifs is 1. The number of hydrogen-bond acceptors (Lipinski definition) is 2. The molecule has 1 aromatic heterocycles. The maximum atomic E-state index is 3.88. The molecule has 2 aromatic rings. The maximum Gasteiger partial charge on any atom is 0.112 e. The van der Waals surface area contributed by atoms with E-state index in [-0.39, 0.29) is 24.8 Å². The minimum atomic E-state index is 0. The van der Waals surface area contributed by atoms with E-state index >= 15 is 0 Å². The Morgan fingerprint density at radius 1 is 0.909 bits per heavy atom. The zero-order chi connectivity index (χ0) is 6.10. The van der Waals surface area contributed by atoms with Crippen molar-refractivity contribution in [3.63, 3.8) is 0 Å². The Bertz CT molecular complexity index is 290. The zero-order valence-corrected chi connectivity index (χ0v) is 7.15. The molecule has 0 aliphatic rings. The molecule has 0 amide bonds. The second-order valence-electron chi connectivity index (χ2n) is 1.81. The van der Waals surface area contributed by atoms with E-state index in [1.54, 1.807) is 0 Å². The highest BCUT2D eigenvalue weighted by molar-refractivity contribution is 5.85. The van der Waals surface area contributed by atoms with E-state index in [4.69, 9.17) is 0 Å². The topological polar surface area (TPSA) is 41.6 Å². The molecule has 0 unspecified atom stereocenters. The van der Waals surface area contributed by atoms with Crippen LogP contribution in [0.2, 0.25) is 0 Å². The van der Waals surface area contributed by atoms with Crippen molar-refractivity contribution in [1.82, 2.24) is 15.4 Å². The summed E-state index contributed by atoms with van der Waals surface area (Å²) in [6.07, 6.45) is 0. The molecule has 3 nitrogen and oxygen atoms in total. The van der Waals surface area contributed by atoms with Gasteiger partial charge in [0.25, 0.3) is 0 Å². The largest absolute Gasteiger partial charge is 0.197 e. The van der Waals surface area contributed by atoms with Crippen LogP contribution in [0.1, 0.15) is 0 Å². The lowest BCUT2D eigenvalue weighted by atomic mass is 10.3. The van der Waals surface area contributed by atoms with Gasteiger partial charge in [-0.15, -0.1) is 24.8 Å². The van der Waals surface area contributed by atoms with Crippen molar-refractivity contribution in [2.45, 2.75) is 0 Å². The minimum absolute atomic E-state index is 0. The van der Waals surface area contributed by atoms with Gasteiger partial charge in [-0.05, 0) is 12.1 Å². The first-order valence-electron chi connectivity index (χ1n) is 2.72. The van der Waals surface area contributed by atoms with Crippen LogP contribution in [-0.4, -0.2) is 15.4 Å². The van der Waals surface area contributed by atoms with E-state index in [0.29, 0.717) is 0 Å². The Morgan fingerprint density at radius 2 is 1.36 bits per heavy atom. The Labute approximate surface area is 76.0 Å². The quantitative estimate of drug-likeness (QED) is 0.691. The number of halogens is 2. The van der Waals surface area contributed by atoms with Crippen LogP contribution in [0.4, 0.5) is 0 Å². The molecule has 0 saturated carbocycles. The summed E-state index contributed by atoms with van der Waals surface area (Å²) in [5, 5.41) is 10.3. The highest BCUT2D eigenvalue weighted by atomic mass is 35.5. The normalized spacial score (nSPS) is 8.36. The van der Waals surface area contributed by atoms with Gasteiger partial charge >= 0.3 is 0 Å². The number of aromatic nitrogens is 3. The molecule has 0 aliphatic carbocycles. The second-order valence-corrected chi connectivity index (χ2v) is 1.81. The fourth-order valence-electron chi connectivity index (χ4n) is 0.786. The van der Waals surface area contributed by atoms with Crippen molar-refractivity contribution in [3.05, 3.63) is 24.3 Å². The van der Waals surface area contributed by atoms with Crippen LogP contribution < -0.4 is 0 Å². The Kier molecular flexibility index (Phi) is 3.85. The molecule has 0 radical (unpaired) electrons. The molecule has 5 heteroatoms. The molecule has 0 aliphatic heterocycles. The Morgan fingerprint density at radius 3 is 1.82 bits per heavy atom. The molecule has 0 saturated heterocycles. The molecule has 2 rings (SSSR count). The molecule has 11 heavy (non-hydrogen) atoms. The summed E-state index contributed by atoms with van der Waals surface area (Å²) in [5.74, 6) is 0. The van der Waals surface area contributed by atoms with Gasteiger partial charge in [-0.2, -0.15) is 15.4 Å². The number of benzene rings is 1. The van der Waals surface area contributed by atoms with Gasteiger partial charge in [0.1, 0.15) is 11.0 Å². The van der Waals surface area contributed by atoms with E-state index < -0.39 is 0 Å². The van der Waals surface area contributed by atoms with Gasteiger partial charge in [0, 0.05) is 0 Å². The van der Waals surface area contributed by atoms with Crippen molar-refractivity contribution >= 4 is 35.8 Å². The molecule has 0 spiro atoms. The summed E-state index contributed by atoms with van der Waals surface area (Å²) in [7, 11) is 0. The van der Waals surface area contributed by atoms with Gasteiger partial charge in [0.15, 0.2) is 0 Å². The van der Waals surface area contributed by atoms with Crippen molar-refractivity contribution < 1.29 is 0 Å². The number of rotatable bonds is 0. The van der Waals surface area contributed by atoms with Gasteiger partial charge in [-0.3, -0.25) is 0 Å². The van der Waals surface area contributed by atoms with E-state index in [1.807, 2.05) is 24.3 Å². The number of nitrogens with zero attached hydrogens (tertiary/aromatic N) is 2. The standard InChI is InChI=1S/C6H5N3.2ClH/c1-2-4-6-5(3-1)7-9-8-6;;/h1-4H,(H,7,8,9);2*1H. The Hall–Kier alpha value is -0.800. The van der Waals surface area contributed by atoms with Crippen LogP contribution in [0.5, 0.6) is 0 Å². The van der Waals surface area contributed by atoms with Crippen LogP contribution in [-0.2, 0) is 0 Å². The Balaban J connectivity index is 0.000000500. The van der Waals surface area contributed by atoms with Crippen molar-refractivity contribution in [2.24, 2.45) is 0 Å². The van der Waals surface area contributed by atoms with E-state index in [9.17, 15) is 0 Å². The number of H-pyrrole nitrogens is 1. The van der Waals surface area contributed by atoms with Crippen LogP contribution in [0, 0.1) is 0 Å². The minimum Gasteiger partial charge on any atom is -0.197 e. The first kappa shape index (κ1) is 10.2. The lowest BCUT2D eigenvalue weighted by Gasteiger charge is -1.78. The lowest BCUT2D eigenvalue weighted by molar-refractivity contribution is 0.959. The predicted octanol–water partition coefficient (Wildman–Crippen LogP) is 1.80. The number of nitrogens with one attached hydrogen (secondary N) is 1. The van der Waals surface area contributed by atoms with Crippen molar-refractivity contribution in [3.8, 4) is 0 Å². The summed E-state index contributed by atoms with van der Waals surface area (Å²) < 4.78 is 0. The third-order valence-corrected chi connectivity index (χ3v) is 1.22. The number of aromatic amines is 1. The fraction of sp³-hybridized carbons (Fsp3) is 0. The summed E-state index contributed by atoms with van der Waals surface area (Å²) in [4.78, 5) is 0. The third kappa shape index (κ3) is 1.82. The zero-order valence-electron chi connectivity index (χ0n) is 5.52. The summed E-state index contributed by atoms with van der Waals surface area (Å²) in [6, 6.07) is 7.70. The molecular formula is C6H7Cl2N3. The summed E-state index contributed by atoms with van der Waals surface area (Å²) in [5.41, 5.74) is 1.83. The van der Waals surface area contributed by atoms with Gasteiger partial charge < -0.3 is 0 Å². The van der Waals surface area contributed by atoms with Gasteiger partial charge in [-0.25, -0.2) is 0 Å². The molecule has 1 N–H and O–H groups in total. The molecule has 1 heterocycles. The van der Waals surface area contributed by atoms with Crippen LogP contribution in [0.3, 0.4) is 0 Å². The van der Waals surface area contributed by atoms with Crippen LogP contribution >= 0.6 is 24.8 Å². The fourth-order valence-corrected chi connectivity index (χ4v) is 0.786. The molecule has 0 bridgehead atoms. The molecule has 60 valence electrons.